The fourth-order valence-electron chi connectivity index (χ4n) is 2.82. The van der Waals surface area contributed by atoms with Gasteiger partial charge in [0, 0.05) is 12.6 Å². The van der Waals surface area contributed by atoms with Gasteiger partial charge in [-0.15, -0.1) is 0 Å². The van der Waals surface area contributed by atoms with E-state index in [2.05, 4.69) is 31.7 Å². The van der Waals surface area contributed by atoms with Crippen LogP contribution in [-0.4, -0.2) is 37.2 Å². The first-order chi connectivity index (χ1) is 8.81. The minimum atomic E-state index is 0.643. The summed E-state index contributed by atoms with van der Waals surface area (Å²) in [5, 5.41) is 0. The van der Waals surface area contributed by atoms with E-state index in [1.165, 1.54) is 38.5 Å². The van der Waals surface area contributed by atoms with Crippen LogP contribution in [0.5, 0.6) is 0 Å². The topological polar surface area (TPSA) is 12.5 Å². The van der Waals surface area contributed by atoms with E-state index >= 15 is 0 Å². The molecular formula is C16H31NO. The molecule has 1 unspecified atom stereocenters. The lowest BCUT2D eigenvalue weighted by molar-refractivity contribution is -0.00728. The van der Waals surface area contributed by atoms with Crippen LogP contribution in [0.1, 0.15) is 59.3 Å². The predicted octanol–water partition coefficient (Wildman–Crippen LogP) is 4.01. The Bertz CT molecular complexity index is 229. The Morgan fingerprint density at radius 1 is 1.22 bits per heavy atom. The Labute approximate surface area is 113 Å². The van der Waals surface area contributed by atoms with Gasteiger partial charge in [0.1, 0.15) is 0 Å². The molecule has 1 aliphatic rings. The molecule has 1 atom stereocenters. The zero-order valence-electron chi connectivity index (χ0n) is 12.6. The molecule has 18 heavy (non-hydrogen) atoms. The number of morpholine rings is 1. The van der Waals surface area contributed by atoms with Gasteiger partial charge in [-0.1, -0.05) is 45.3 Å². The van der Waals surface area contributed by atoms with Gasteiger partial charge in [-0.05, 0) is 32.2 Å². The molecular weight excluding hydrogens is 222 g/mol. The van der Waals surface area contributed by atoms with Crippen molar-refractivity contribution in [3.8, 4) is 0 Å². The fraction of sp³-hybridized carbons (Fsp3) is 0.875. The number of allylic oxidation sites excluding steroid dienone is 2. The first-order valence-electron chi connectivity index (χ1n) is 7.81. The first kappa shape index (κ1) is 15.7. The number of hydrogen-bond acceptors (Lipinski definition) is 2. The summed E-state index contributed by atoms with van der Waals surface area (Å²) in [4.78, 5) is 2.57. The number of nitrogens with zero attached hydrogens (tertiary/aromatic N) is 1. The molecule has 0 N–H and O–H groups in total. The van der Waals surface area contributed by atoms with Crippen LogP contribution in [0.25, 0.3) is 0 Å². The van der Waals surface area contributed by atoms with Gasteiger partial charge < -0.3 is 4.74 Å². The SMILES string of the molecule is CCCC(=CCCC1COCCN1CC)CCC. The van der Waals surface area contributed by atoms with E-state index in [0.717, 1.165) is 26.3 Å². The first-order valence-corrected chi connectivity index (χ1v) is 7.81. The van der Waals surface area contributed by atoms with Crippen molar-refractivity contribution in [2.24, 2.45) is 0 Å². The molecule has 2 heteroatoms. The third kappa shape index (κ3) is 5.53. The van der Waals surface area contributed by atoms with Crippen LogP contribution in [0.15, 0.2) is 11.6 Å². The molecule has 0 aromatic carbocycles. The molecule has 0 aliphatic carbocycles. The second kappa shape index (κ2) is 9.57. The largest absolute Gasteiger partial charge is 0.378 e. The molecule has 2 nitrogen and oxygen atoms in total. The number of hydrogen-bond donors (Lipinski definition) is 0. The zero-order valence-corrected chi connectivity index (χ0v) is 12.6. The fourth-order valence-corrected chi connectivity index (χ4v) is 2.82. The van der Waals surface area contributed by atoms with Gasteiger partial charge >= 0.3 is 0 Å². The standard InChI is InChI=1S/C16H31NO/c1-4-8-15(9-5-2)10-7-11-16-14-18-13-12-17(16)6-3/h10,16H,4-9,11-14H2,1-3H3. The van der Waals surface area contributed by atoms with E-state index in [-0.39, 0.29) is 0 Å². The van der Waals surface area contributed by atoms with Crippen molar-refractivity contribution >= 4 is 0 Å². The molecule has 0 saturated carbocycles. The quantitative estimate of drug-likeness (QED) is 0.606. The number of rotatable bonds is 8. The molecule has 0 spiro atoms. The van der Waals surface area contributed by atoms with Crippen molar-refractivity contribution in [3.63, 3.8) is 0 Å². The molecule has 0 bridgehead atoms. The molecule has 0 amide bonds. The molecule has 0 aromatic heterocycles. The van der Waals surface area contributed by atoms with Crippen LogP contribution in [0, 0.1) is 0 Å². The maximum atomic E-state index is 5.60. The number of likely N-dealkylation sites (N-methyl/N-ethyl adjacent to an activating group) is 1. The predicted molar refractivity (Wildman–Crippen MR) is 79.0 cm³/mol. The van der Waals surface area contributed by atoms with Crippen molar-refractivity contribution in [2.45, 2.75) is 65.3 Å². The highest BCUT2D eigenvalue weighted by atomic mass is 16.5. The van der Waals surface area contributed by atoms with Crippen molar-refractivity contribution < 1.29 is 4.74 Å². The number of ether oxygens (including phenoxy) is 1. The summed E-state index contributed by atoms with van der Waals surface area (Å²) in [6.07, 6.45) is 10.1. The minimum absolute atomic E-state index is 0.643. The van der Waals surface area contributed by atoms with Gasteiger partial charge in [0.25, 0.3) is 0 Å². The summed E-state index contributed by atoms with van der Waals surface area (Å²) in [6.45, 7) is 10.9. The molecule has 1 saturated heterocycles. The highest BCUT2D eigenvalue weighted by molar-refractivity contribution is 5.02. The van der Waals surface area contributed by atoms with Crippen LogP contribution >= 0.6 is 0 Å². The Kier molecular flexibility index (Phi) is 8.36. The Hall–Kier alpha value is -0.340. The summed E-state index contributed by atoms with van der Waals surface area (Å²) < 4.78 is 5.60. The highest BCUT2D eigenvalue weighted by Crippen LogP contribution is 2.17. The van der Waals surface area contributed by atoms with Crippen LogP contribution in [0.4, 0.5) is 0 Å². The van der Waals surface area contributed by atoms with Crippen LogP contribution in [0.2, 0.25) is 0 Å². The van der Waals surface area contributed by atoms with Crippen molar-refractivity contribution in [2.75, 3.05) is 26.3 Å². The Balaban J connectivity index is 2.34. The van der Waals surface area contributed by atoms with Gasteiger partial charge in [-0.2, -0.15) is 0 Å². The lowest BCUT2D eigenvalue weighted by Crippen LogP contribution is -2.45. The maximum Gasteiger partial charge on any atom is 0.0622 e. The second-order valence-corrected chi connectivity index (χ2v) is 5.30. The van der Waals surface area contributed by atoms with E-state index in [1.54, 1.807) is 5.57 Å². The van der Waals surface area contributed by atoms with E-state index in [1.807, 2.05) is 0 Å². The molecule has 1 rings (SSSR count). The minimum Gasteiger partial charge on any atom is -0.378 e. The van der Waals surface area contributed by atoms with Crippen LogP contribution in [-0.2, 0) is 4.74 Å². The van der Waals surface area contributed by atoms with Crippen LogP contribution < -0.4 is 0 Å². The normalized spacial score (nSPS) is 20.9. The van der Waals surface area contributed by atoms with Crippen molar-refractivity contribution in [3.05, 3.63) is 11.6 Å². The van der Waals surface area contributed by atoms with Crippen molar-refractivity contribution in [1.82, 2.24) is 4.90 Å². The van der Waals surface area contributed by atoms with Gasteiger partial charge in [-0.25, -0.2) is 0 Å². The zero-order chi connectivity index (χ0) is 13.2. The summed E-state index contributed by atoms with van der Waals surface area (Å²) in [6, 6.07) is 0.643. The Morgan fingerprint density at radius 3 is 2.56 bits per heavy atom. The van der Waals surface area contributed by atoms with E-state index in [4.69, 9.17) is 4.74 Å². The smallest absolute Gasteiger partial charge is 0.0622 e. The third-order valence-corrected chi connectivity index (χ3v) is 3.83. The van der Waals surface area contributed by atoms with Gasteiger partial charge in [0.05, 0.1) is 13.2 Å². The lowest BCUT2D eigenvalue weighted by atomic mass is 10.0. The van der Waals surface area contributed by atoms with Gasteiger partial charge in [-0.3, -0.25) is 4.90 Å². The molecule has 1 aliphatic heterocycles. The molecule has 1 heterocycles. The Morgan fingerprint density at radius 2 is 1.94 bits per heavy atom. The highest BCUT2D eigenvalue weighted by Gasteiger charge is 2.20. The van der Waals surface area contributed by atoms with E-state index in [0.29, 0.717) is 6.04 Å². The maximum absolute atomic E-state index is 5.60. The lowest BCUT2D eigenvalue weighted by Gasteiger charge is -2.34. The van der Waals surface area contributed by atoms with Crippen molar-refractivity contribution in [1.29, 1.82) is 0 Å². The second-order valence-electron chi connectivity index (χ2n) is 5.30. The summed E-state index contributed by atoms with van der Waals surface area (Å²) >= 11 is 0. The van der Waals surface area contributed by atoms with E-state index in [9.17, 15) is 0 Å². The average Bonchev–Trinajstić information content (AvgIpc) is 2.40. The third-order valence-electron chi connectivity index (χ3n) is 3.83. The summed E-state index contributed by atoms with van der Waals surface area (Å²) in [5.41, 5.74) is 1.67. The van der Waals surface area contributed by atoms with Gasteiger partial charge in [0.2, 0.25) is 0 Å². The van der Waals surface area contributed by atoms with E-state index < -0.39 is 0 Å². The molecule has 0 aromatic rings. The molecule has 106 valence electrons. The molecule has 1 fully saturated rings. The monoisotopic (exact) mass is 253 g/mol. The average molecular weight is 253 g/mol. The molecule has 0 radical (unpaired) electrons. The summed E-state index contributed by atoms with van der Waals surface area (Å²) in [7, 11) is 0. The van der Waals surface area contributed by atoms with Crippen LogP contribution in [0.3, 0.4) is 0 Å². The summed E-state index contributed by atoms with van der Waals surface area (Å²) in [5.74, 6) is 0. The van der Waals surface area contributed by atoms with Gasteiger partial charge in [0.15, 0.2) is 0 Å².